The maximum Gasteiger partial charge on any atom is 0.399 e. The van der Waals surface area contributed by atoms with Crippen molar-refractivity contribution in [2.75, 3.05) is 19.8 Å². The summed E-state index contributed by atoms with van der Waals surface area (Å²) in [5.74, 6) is 0. The van der Waals surface area contributed by atoms with Crippen molar-refractivity contribution in [3.63, 3.8) is 0 Å². The van der Waals surface area contributed by atoms with E-state index in [9.17, 15) is 8.42 Å². The largest absolute Gasteiger partial charge is 0.399 e. The summed E-state index contributed by atoms with van der Waals surface area (Å²) in [7, 11) is -4.08. The summed E-state index contributed by atoms with van der Waals surface area (Å²) in [6.07, 6.45) is 16.1. The minimum absolute atomic E-state index is 0.0928. The summed E-state index contributed by atoms with van der Waals surface area (Å²) in [6, 6.07) is 0. The van der Waals surface area contributed by atoms with Crippen LogP contribution in [0, 0.1) is 0 Å². The summed E-state index contributed by atoms with van der Waals surface area (Å²) in [5, 5.41) is 17.6. The number of hydrogen-bond donors (Lipinski definition) is 2. The standard InChI is InChI=1S/C19H40O6S/c1-2-3-4-5-6-7-8-9-10-11-12-13-14-15-16-24-26(22,23)25-18-19(21)17-20/h19-21H,2-18H2,1H3. The molecule has 6 nitrogen and oxygen atoms in total. The van der Waals surface area contributed by atoms with Gasteiger partial charge in [-0.1, -0.05) is 90.4 Å². The fraction of sp³-hybridized carbons (Fsp3) is 1.00. The average Bonchev–Trinajstić information content (AvgIpc) is 2.63. The minimum atomic E-state index is -4.08. The highest BCUT2D eigenvalue weighted by Gasteiger charge is 2.14. The molecule has 0 bridgehead atoms. The molecular weight excluding hydrogens is 356 g/mol. The Labute approximate surface area is 160 Å². The summed E-state index contributed by atoms with van der Waals surface area (Å²) < 4.78 is 31.8. The van der Waals surface area contributed by atoms with Crippen LogP contribution in [0.1, 0.15) is 96.8 Å². The quantitative estimate of drug-likeness (QED) is 0.301. The lowest BCUT2D eigenvalue weighted by molar-refractivity contribution is 0.0487. The van der Waals surface area contributed by atoms with Gasteiger partial charge in [-0.25, -0.2) is 8.37 Å². The third-order valence-electron chi connectivity index (χ3n) is 4.34. The van der Waals surface area contributed by atoms with Crippen LogP contribution in [0.3, 0.4) is 0 Å². The molecule has 158 valence electrons. The molecule has 0 aliphatic heterocycles. The summed E-state index contributed by atoms with van der Waals surface area (Å²) in [6.45, 7) is 1.30. The van der Waals surface area contributed by atoms with E-state index in [1.165, 1.54) is 70.6 Å². The zero-order chi connectivity index (χ0) is 19.5. The SMILES string of the molecule is CCCCCCCCCCCCCCCCOS(=O)(=O)OCC(O)CO. The molecule has 0 radical (unpaired) electrons. The van der Waals surface area contributed by atoms with Crippen LogP contribution in [0.5, 0.6) is 0 Å². The number of aliphatic hydroxyl groups is 2. The van der Waals surface area contributed by atoms with Crippen molar-refractivity contribution >= 4 is 10.4 Å². The van der Waals surface area contributed by atoms with Gasteiger partial charge in [0.1, 0.15) is 6.10 Å². The molecule has 0 spiro atoms. The first-order valence-corrected chi connectivity index (χ1v) is 11.7. The van der Waals surface area contributed by atoms with Crippen molar-refractivity contribution in [3.05, 3.63) is 0 Å². The van der Waals surface area contributed by atoms with E-state index in [0.717, 1.165) is 12.8 Å². The lowest BCUT2D eigenvalue weighted by atomic mass is 10.0. The van der Waals surface area contributed by atoms with E-state index in [-0.39, 0.29) is 6.61 Å². The molecule has 0 amide bonds. The fourth-order valence-electron chi connectivity index (χ4n) is 2.71. The Morgan fingerprint density at radius 2 is 1.15 bits per heavy atom. The summed E-state index contributed by atoms with van der Waals surface area (Å²) >= 11 is 0. The molecule has 0 rings (SSSR count). The molecular formula is C19H40O6S. The van der Waals surface area contributed by atoms with Crippen LogP contribution in [0.15, 0.2) is 0 Å². The smallest absolute Gasteiger partial charge is 0.394 e. The van der Waals surface area contributed by atoms with Crippen LogP contribution in [-0.4, -0.2) is 44.6 Å². The molecule has 0 aliphatic rings. The minimum Gasteiger partial charge on any atom is -0.394 e. The van der Waals surface area contributed by atoms with Crippen LogP contribution >= 0.6 is 0 Å². The van der Waals surface area contributed by atoms with Crippen LogP contribution in [0.4, 0.5) is 0 Å². The van der Waals surface area contributed by atoms with Crippen LogP contribution in [0.2, 0.25) is 0 Å². The maximum atomic E-state index is 11.3. The van der Waals surface area contributed by atoms with Crippen molar-refractivity contribution in [3.8, 4) is 0 Å². The predicted molar refractivity (Wildman–Crippen MR) is 104 cm³/mol. The molecule has 0 aromatic carbocycles. The molecule has 7 heteroatoms. The van der Waals surface area contributed by atoms with Crippen molar-refractivity contribution in [1.29, 1.82) is 0 Å². The van der Waals surface area contributed by atoms with Crippen molar-refractivity contribution in [1.82, 2.24) is 0 Å². The number of aliphatic hydroxyl groups excluding tert-OH is 2. The molecule has 1 unspecified atom stereocenters. The van der Waals surface area contributed by atoms with E-state index in [0.29, 0.717) is 6.42 Å². The van der Waals surface area contributed by atoms with Gasteiger partial charge in [-0.05, 0) is 6.42 Å². The van der Waals surface area contributed by atoms with Crippen LogP contribution in [0.25, 0.3) is 0 Å². The van der Waals surface area contributed by atoms with Gasteiger partial charge in [-0.3, -0.25) is 0 Å². The summed E-state index contributed by atoms with van der Waals surface area (Å²) in [4.78, 5) is 0. The highest BCUT2D eigenvalue weighted by Crippen LogP contribution is 2.13. The molecule has 1 atom stereocenters. The van der Waals surface area contributed by atoms with Gasteiger partial charge >= 0.3 is 10.4 Å². The molecule has 0 saturated carbocycles. The van der Waals surface area contributed by atoms with Gasteiger partial charge in [0.15, 0.2) is 0 Å². The van der Waals surface area contributed by atoms with E-state index in [4.69, 9.17) is 10.2 Å². The van der Waals surface area contributed by atoms with Gasteiger partial charge in [0, 0.05) is 0 Å². The Morgan fingerprint density at radius 1 is 0.731 bits per heavy atom. The molecule has 2 N–H and O–H groups in total. The first-order valence-electron chi connectivity index (χ1n) is 10.3. The molecule has 26 heavy (non-hydrogen) atoms. The monoisotopic (exact) mass is 396 g/mol. The lowest BCUT2D eigenvalue weighted by Gasteiger charge is -2.08. The Morgan fingerprint density at radius 3 is 1.58 bits per heavy atom. The van der Waals surface area contributed by atoms with Gasteiger partial charge in [-0.15, -0.1) is 0 Å². The van der Waals surface area contributed by atoms with E-state index in [1.54, 1.807) is 0 Å². The van der Waals surface area contributed by atoms with E-state index < -0.39 is 29.7 Å². The Balaban J connectivity index is 3.28. The van der Waals surface area contributed by atoms with Crippen LogP contribution in [-0.2, 0) is 18.8 Å². The van der Waals surface area contributed by atoms with E-state index in [1.807, 2.05) is 0 Å². The molecule has 0 heterocycles. The predicted octanol–water partition coefficient (Wildman–Crippen LogP) is 4.10. The van der Waals surface area contributed by atoms with Gasteiger partial charge in [0.25, 0.3) is 0 Å². The van der Waals surface area contributed by atoms with E-state index >= 15 is 0 Å². The highest BCUT2D eigenvalue weighted by molar-refractivity contribution is 7.81. The fourth-order valence-corrected chi connectivity index (χ4v) is 3.42. The average molecular weight is 397 g/mol. The molecule has 0 saturated heterocycles. The van der Waals surface area contributed by atoms with Crippen molar-refractivity contribution in [2.24, 2.45) is 0 Å². The normalized spacial score (nSPS) is 13.2. The topological polar surface area (TPSA) is 93.1 Å². The summed E-state index contributed by atoms with van der Waals surface area (Å²) in [5.41, 5.74) is 0. The Hall–Kier alpha value is -0.210. The molecule has 0 aromatic heterocycles. The van der Waals surface area contributed by atoms with Crippen molar-refractivity contribution < 1.29 is 27.0 Å². The lowest BCUT2D eigenvalue weighted by Crippen LogP contribution is -2.23. The molecule has 0 aliphatic carbocycles. The van der Waals surface area contributed by atoms with Gasteiger partial charge < -0.3 is 10.2 Å². The number of hydrogen-bond acceptors (Lipinski definition) is 6. The highest BCUT2D eigenvalue weighted by atomic mass is 32.3. The third kappa shape index (κ3) is 18.6. The van der Waals surface area contributed by atoms with Gasteiger partial charge in [-0.2, -0.15) is 8.42 Å². The number of rotatable bonds is 20. The second kappa shape index (κ2) is 18.2. The third-order valence-corrected chi connectivity index (χ3v) is 5.22. The Kier molecular flexibility index (Phi) is 18.0. The maximum absolute atomic E-state index is 11.3. The van der Waals surface area contributed by atoms with Crippen molar-refractivity contribution in [2.45, 2.75) is 103 Å². The first kappa shape index (κ1) is 25.8. The zero-order valence-electron chi connectivity index (χ0n) is 16.5. The van der Waals surface area contributed by atoms with Gasteiger partial charge in [0.2, 0.25) is 0 Å². The Bertz CT molecular complexity index is 385. The second-order valence-corrected chi connectivity index (χ2v) is 8.24. The molecule has 0 aromatic rings. The van der Waals surface area contributed by atoms with Crippen LogP contribution < -0.4 is 0 Å². The second-order valence-electron chi connectivity index (χ2n) is 6.95. The first-order chi connectivity index (χ1) is 12.5. The zero-order valence-corrected chi connectivity index (χ0v) is 17.4. The number of unbranched alkanes of at least 4 members (excludes halogenated alkanes) is 13. The van der Waals surface area contributed by atoms with E-state index in [2.05, 4.69) is 15.3 Å². The van der Waals surface area contributed by atoms with Gasteiger partial charge in [0.05, 0.1) is 19.8 Å². The molecule has 0 fully saturated rings.